The predicted octanol–water partition coefficient (Wildman–Crippen LogP) is 4.50. The minimum atomic E-state index is -0.103. The summed E-state index contributed by atoms with van der Waals surface area (Å²) < 4.78 is 2.17. The summed E-state index contributed by atoms with van der Waals surface area (Å²) >= 11 is 0. The molecular formula is C28H31N5O. The molecule has 0 spiro atoms. The number of hydrogen-bond acceptors (Lipinski definition) is 4. The van der Waals surface area contributed by atoms with Crippen LogP contribution in [-0.2, 0) is 13.5 Å². The molecule has 2 heterocycles. The Morgan fingerprint density at radius 3 is 2.50 bits per heavy atom. The summed E-state index contributed by atoms with van der Waals surface area (Å²) in [6.07, 6.45) is 0.904. The van der Waals surface area contributed by atoms with Gasteiger partial charge in [0, 0.05) is 63.1 Å². The van der Waals surface area contributed by atoms with Crippen LogP contribution < -0.4 is 10.2 Å². The number of piperazine rings is 1. The van der Waals surface area contributed by atoms with Crippen LogP contribution >= 0.6 is 0 Å². The fourth-order valence-electron chi connectivity index (χ4n) is 4.67. The molecule has 6 heteroatoms. The summed E-state index contributed by atoms with van der Waals surface area (Å²) in [5.41, 5.74) is 5.79. The van der Waals surface area contributed by atoms with Crippen LogP contribution in [0, 0.1) is 6.92 Å². The zero-order valence-corrected chi connectivity index (χ0v) is 19.9. The van der Waals surface area contributed by atoms with Crippen molar-refractivity contribution in [1.82, 2.24) is 14.5 Å². The fourth-order valence-corrected chi connectivity index (χ4v) is 4.67. The lowest BCUT2D eigenvalue weighted by molar-refractivity contribution is 0.102. The Balaban J connectivity index is 1.21. The molecule has 0 atom stereocenters. The molecule has 1 aliphatic heterocycles. The topological polar surface area (TPSA) is 53.4 Å². The number of nitrogens with one attached hydrogen (secondary N) is 1. The van der Waals surface area contributed by atoms with Gasteiger partial charge in [-0.1, -0.05) is 35.9 Å². The lowest BCUT2D eigenvalue weighted by atomic mass is 10.1. The maximum atomic E-state index is 12.6. The van der Waals surface area contributed by atoms with E-state index in [-0.39, 0.29) is 5.91 Å². The van der Waals surface area contributed by atoms with Crippen molar-refractivity contribution in [3.8, 4) is 0 Å². The van der Waals surface area contributed by atoms with E-state index in [1.54, 1.807) is 0 Å². The van der Waals surface area contributed by atoms with E-state index in [0.717, 1.165) is 67.3 Å². The molecule has 0 unspecified atom stereocenters. The molecule has 0 aliphatic carbocycles. The maximum absolute atomic E-state index is 12.6. The van der Waals surface area contributed by atoms with Gasteiger partial charge in [-0.3, -0.25) is 9.69 Å². The molecule has 1 aliphatic rings. The van der Waals surface area contributed by atoms with Gasteiger partial charge >= 0.3 is 0 Å². The van der Waals surface area contributed by atoms with Crippen molar-refractivity contribution < 1.29 is 4.79 Å². The Morgan fingerprint density at radius 1 is 0.941 bits per heavy atom. The van der Waals surface area contributed by atoms with Crippen molar-refractivity contribution in [2.24, 2.45) is 7.05 Å². The summed E-state index contributed by atoms with van der Waals surface area (Å²) in [5.74, 6) is 0.969. The molecule has 1 aromatic heterocycles. The first-order valence-electron chi connectivity index (χ1n) is 11.9. The SMILES string of the molecule is Cc1cccc(C(=O)Nc2ccc3c(c2)nc(CCN2CCN(c4ccccc4)CC2)n3C)c1. The smallest absolute Gasteiger partial charge is 0.255 e. The molecule has 34 heavy (non-hydrogen) atoms. The zero-order chi connectivity index (χ0) is 23.5. The number of imidazole rings is 1. The number of rotatable bonds is 6. The summed E-state index contributed by atoms with van der Waals surface area (Å²) in [6.45, 7) is 7.22. The first-order chi connectivity index (χ1) is 16.6. The van der Waals surface area contributed by atoms with Gasteiger partial charge in [-0.05, 0) is 49.4 Å². The predicted molar refractivity (Wildman–Crippen MR) is 139 cm³/mol. The number of para-hydroxylation sites is 1. The lowest BCUT2D eigenvalue weighted by Gasteiger charge is -2.36. The first kappa shape index (κ1) is 22.2. The fraction of sp³-hybridized carbons (Fsp3) is 0.286. The number of amides is 1. The average Bonchev–Trinajstić information content (AvgIpc) is 3.18. The summed E-state index contributed by atoms with van der Waals surface area (Å²) in [7, 11) is 2.07. The van der Waals surface area contributed by atoms with E-state index in [1.807, 2.05) is 49.4 Å². The average molecular weight is 454 g/mol. The third-order valence-corrected chi connectivity index (χ3v) is 6.66. The molecule has 1 saturated heterocycles. The molecule has 0 radical (unpaired) electrons. The Kier molecular flexibility index (Phi) is 6.32. The van der Waals surface area contributed by atoms with Crippen LogP contribution in [0.4, 0.5) is 11.4 Å². The van der Waals surface area contributed by atoms with Crippen molar-refractivity contribution in [2.45, 2.75) is 13.3 Å². The van der Waals surface area contributed by atoms with Crippen LogP contribution in [0.3, 0.4) is 0 Å². The van der Waals surface area contributed by atoms with E-state index in [4.69, 9.17) is 4.98 Å². The van der Waals surface area contributed by atoms with Crippen molar-refractivity contribution in [3.63, 3.8) is 0 Å². The normalized spacial score (nSPS) is 14.5. The van der Waals surface area contributed by atoms with Gasteiger partial charge in [-0.25, -0.2) is 4.98 Å². The number of carbonyl (C=O) groups excluding carboxylic acids is 1. The number of anilines is 2. The van der Waals surface area contributed by atoms with Gasteiger partial charge in [0.2, 0.25) is 0 Å². The van der Waals surface area contributed by atoms with E-state index < -0.39 is 0 Å². The highest BCUT2D eigenvalue weighted by atomic mass is 16.1. The van der Waals surface area contributed by atoms with E-state index in [0.29, 0.717) is 5.56 Å². The van der Waals surface area contributed by atoms with Crippen molar-refractivity contribution in [1.29, 1.82) is 0 Å². The molecule has 5 rings (SSSR count). The standard InChI is InChI=1S/C28H31N5O/c1-21-7-6-8-22(19-21)28(34)29-23-11-12-26-25(20-23)30-27(31(26)2)13-14-32-15-17-33(18-16-32)24-9-4-3-5-10-24/h3-12,19-20H,13-18H2,1-2H3,(H,29,34). The highest BCUT2D eigenvalue weighted by Crippen LogP contribution is 2.21. The van der Waals surface area contributed by atoms with Gasteiger partial charge in [0.05, 0.1) is 11.0 Å². The van der Waals surface area contributed by atoms with Crippen LogP contribution in [0.15, 0.2) is 72.8 Å². The number of benzene rings is 3. The summed E-state index contributed by atoms with van der Waals surface area (Å²) in [6, 6.07) is 24.2. The number of aromatic nitrogens is 2. The van der Waals surface area contributed by atoms with E-state index >= 15 is 0 Å². The molecule has 0 saturated carbocycles. The minimum Gasteiger partial charge on any atom is -0.369 e. The van der Waals surface area contributed by atoms with Gasteiger partial charge in [-0.2, -0.15) is 0 Å². The molecule has 1 fully saturated rings. The van der Waals surface area contributed by atoms with Crippen LogP contribution in [0.2, 0.25) is 0 Å². The minimum absolute atomic E-state index is 0.103. The summed E-state index contributed by atoms with van der Waals surface area (Å²) in [4.78, 5) is 22.5. The van der Waals surface area contributed by atoms with Crippen LogP contribution in [0.5, 0.6) is 0 Å². The Bertz CT molecular complexity index is 1290. The summed E-state index contributed by atoms with van der Waals surface area (Å²) in [5, 5.41) is 3.01. The molecule has 4 aromatic rings. The molecular weight excluding hydrogens is 422 g/mol. The maximum Gasteiger partial charge on any atom is 0.255 e. The quantitative estimate of drug-likeness (QED) is 0.467. The van der Waals surface area contributed by atoms with Gasteiger partial charge in [0.25, 0.3) is 5.91 Å². The Labute approximate surface area is 200 Å². The molecule has 1 amide bonds. The zero-order valence-electron chi connectivity index (χ0n) is 19.9. The van der Waals surface area contributed by atoms with Crippen molar-refractivity contribution >= 4 is 28.3 Å². The van der Waals surface area contributed by atoms with Gasteiger partial charge in [0.1, 0.15) is 5.82 Å². The molecule has 1 N–H and O–H groups in total. The van der Waals surface area contributed by atoms with Crippen LogP contribution in [-0.4, -0.2) is 53.1 Å². The largest absolute Gasteiger partial charge is 0.369 e. The number of carbonyl (C=O) groups is 1. The van der Waals surface area contributed by atoms with E-state index in [2.05, 4.69) is 57.1 Å². The molecule has 174 valence electrons. The van der Waals surface area contributed by atoms with Gasteiger partial charge < -0.3 is 14.8 Å². The third kappa shape index (κ3) is 4.82. The molecule has 0 bridgehead atoms. The lowest BCUT2D eigenvalue weighted by Crippen LogP contribution is -2.47. The number of nitrogens with zero attached hydrogens (tertiary/aromatic N) is 4. The third-order valence-electron chi connectivity index (χ3n) is 6.66. The van der Waals surface area contributed by atoms with E-state index in [1.165, 1.54) is 5.69 Å². The second-order valence-corrected chi connectivity index (χ2v) is 9.03. The first-order valence-corrected chi connectivity index (χ1v) is 11.9. The van der Waals surface area contributed by atoms with Crippen LogP contribution in [0.25, 0.3) is 11.0 Å². The monoisotopic (exact) mass is 453 g/mol. The van der Waals surface area contributed by atoms with E-state index in [9.17, 15) is 4.79 Å². The number of aryl methyl sites for hydroxylation is 2. The molecule has 3 aromatic carbocycles. The highest BCUT2D eigenvalue weighted by Gasteiger charge is 2.18. The number of hydrogen-bond donors (Lipinski definition) is 1. The second-order valence-electron chi connectivity index (χ2n) is 9.03. The Hall–Kier alpha value is -3.64. The Morgan fingerprint density at radius 2 is 1.74 bits per heavy atom. The van der Waals surface area contributed by atoms with Gasteiger partial charge in [-0.15, -0.1) is 0 Å². The van der Waals surface area contributed by atoms with Gasteiger partial charge in [0.15, 0.2) is 0 Å². The van der Waals surface area contributed by atoms with Crippen LogP contribution in [0.1, 0.15) is 21.7 Å². The van der Waals surface area contributed by atoms with Crippen molar-refractivity contribution in [2.75, 3.05) is 42.9 Å². The number of fused-ring (bicyclic) bond motifs is 1. The van der Waals surface area contributed by atoms with Crippen molar-refractivity contribution in [3.05, 3.63) is 89.7 Å². The second kappa shape index (κ2) is 9.69. The molecule has 6 nitrogen and oxygen atoms in total. The highest BCUT2D eigenvalue weighted by molar-refractivity contribution is 6.05.